The number of halogens is 1. The Hall–Kier alpha value is -1.72. The molecular formula is C16H18ClNO3S. The Kier molecular flexibility index (Phi) is 4.68. The van der Waals surface area contributed by atoms with Gasteiger partial charge in [-0.25, -0.2) is 8.42 Å². The Bertz CT molecular complexity index is 816. The third-order valence-corrected chi connectivity index (χ3v) is 5.28. The smallest absolute Gasteiger partial charge is 0.262 e. The number of sulfonamides is 1. The molecule has 0 saturated carbocycles. The molecule has 6 heteroatoms. The summed E-state index contributed by atoms with van der Waals surface area (Å²) in [7, 11) is -2.22. The van der Waals surface area contributed by atoms with Crippen LogP contribution >= 0.6 is 11.6 Å². The van der Waals surface area contributed by atoms with Crippen LogP contribution in [0.3, 0.4) is 0 Å². The summed E-state index contributed by atoms with van der Waals surface area (Å²) in [5.41, 5.74) is 3.09. The van der Waals surface area contributed by atoms with Gasteiger partial charge in [0, 0.05) is 11.1 Å². The highest BCUT2D eigenvalue weighted by molar-refractivity contribution is 7.92. The first-order chi connectivity index (χ1) is 10.2. The van der Waals surface area contributed by atoms with Gasteiger partial charge < -0.3 is 4.74 Å². The van der Waals surface area contributed by atoms with Crippen LogP contribution in [0.4, 0.5) is 5.69 Å². The fraction of sp³-hybridized carbons (Fsp3) is 0.250. The van der Waals surface area contributed by atoms with Crippen molar-refractivity contribution in [3.8, 4) is 5.75 Å². The summed E-state index contributed by atoms with van der Waals surface area (Å²) >= 11 is 6.03. The zero-order chi connectivity index (χ0) is 16.5. The molecule has 0 aliphatic carbocycles. The SMILES string of the molecule is COc1cc(Cl)c(C)cc1NS(=O)(=O)c1ccc(C)c(C)c1. The number of anilines is 1. The summed E-state index contributed by atoms with van der Waals surface area (Å²) in [5, 5.41) is 0.519. The lowest BCUT2D eigenvalue weighted by Gasteiger charge is -2.14. The summed E-state index contributed by atoms with van der Waals surface area (Å²) in [6.07, 6.45) is 0. The predicted octanol–water partition coefficient (Wildman–Crippen LogP) is 4.07. The Morgan fingerprint density at radius 1 is 1.00 bits per heavy atom. The first-order valence-electron chi connectivity index (χ1n) is 6.69. The summed E-state index contributed by atoms with van der Waals surface area (Å²) < 4.78 is 32.8. The molecule has 0 amide bonds. The van der Waals surface area contributed by atoms with Crippen molar-refractivity contribution in [1.29, 1.82) is 0 Å². The van der Waals surface area contributed by atoms with Crippen molar-refractivity contribution < 1.29 is 13.2 Å². The molecule has 0 fully saturated rings. The van der Waals surface area contributed by atoms with Crippen molar-refractivity contribution in [3.63, 3.8) is 0 Å². The van der Waals surface area contributed by atoms with Crippen LogP contribution in [-0.4, -0.2) is 15.5 Å². The number of rotatable bonds is 4. The first-order valence-corrected chi connectivity index (χ1v) is 8.55. The molecule has 0 heterocycles. The molecule has 2 aromatic rings. The first kappa shape index (κ1) is 16.6. The van der Waals surface area contributed by atoms with Crippen LogP contribution in [0.5, 0.6) is 5.75 Å². The average Bonchev–Trinajstić information content (AvgIpc) is 2.45. The number of hydrogen-bond donors (Lipinski definition) is 1. The van der Waals surface area contributed by atoms with Crippen LogP contribution < -0.4 is 9.46 Å². The molecule has 0 aromatic heterocycles. The maximum absolute atomic E-state index is 12.5. The molecule has 22 heavy (non-hydrogen) atoms. The quantitative estimate of drug-likeness (QED) is 0.913. The van der Waals surface area contributed by atoms with E-state index in [9.17, 15) is 8.42 Å². The van der Waals surface area contributed by atoms with E-state index < -0.39 is 10.0 Å². The van der Waals surface area contributed by atoms with Gasteiger partial charge in [0.1, 0.15) is 5.75 Å². The van der Waals surface area contributed by atoms with Crippen molar-refractivity contribution in [2.24, 2.45) is 0 Å². The summed E-state index contributed by atoms with van der Waals surface area (Å²) in [5.74, 6) is 0.378. The minimum Gasteiger partial charge on any atom is -0.495 e. The van der Waals surface area contributed by atoms with Crippen LogP contribution in [0.1, 0.15) is 16.7 Å². The molecular weight excluding hydrogens is 322 g/mol. The molecule has 0 aliphatic heterocycles. The van der Waals surface area contributed by atoms with Crippen molar-refractivity contribution in [1.82, 2.24) is 0 Å². The second-order valence-corrected chi connectivity index (χ2v) is 7.24. The molecule has 0 bridgehead atoms. The Morgan fingerprint density at radius 3 is 2.27 bits per heavy atom. The van der Waals surface area contributed by atoms with Crippen LogP contribution in [0.2, 0.25) is 5.02 Å². The highest BCUT2D eigenvalue weighted by Crippen LogP contribution is 2.32. The van der Waals surface area contributed by atoms with Gasteiger partial charge in [-0.1, -0.05) is 17.7 Å². The summed E-state index contributed by atoms with van der Waals surface area (Å²) in [6, 6.07) is 8.26. The van der Waals surface area contributed by atoms with Gasteiger partial charge in [0.05, 0.1) is 17.7 Å². The van der Waals surface area contributed by atoms with Gasteiger partial charge >= 0.3 is 0 Å². The molecule has 2 aromatic carbocycles. The van der Waals surface area contributed by atoms with Crippen LogP contribution in [0.25, 0.3) is 0 Å². The molecule has 4 nitrogen and oxygen atoms in total. The van der Waals surface area contributed by atoms with Gasteiger partial charge in [0.15, 0.2) is 0 Å². The minimum absolute atomic E-state index is 0.213. The van der Waals surface area contributed by atoms with E-state index in [-0.39, 0.29) is 4.90 Å². The standard InChI is InChI=1S/C16H18ClNO3S/c1-10-5-6-13(7-11(10)2)22(19,20)18-15-8-12(3)14(17)9-16(15)21-4/h5-9,18H,1-4H3. The number of aryl methyl sites for hydroxylation is 3. The third-order valence-electron chi connectivity index (χ3n) is 3.51. The molecule has 2 rings (SSSR count). The summed E-state index contributed by atoms with van der Waals surface area (Å²) in [4.78, 5) is 0.213. The summed E-state index contributed by atoms with van der Waals surface area (Å²) in [6.45, 7) is 5.61. The lowest BCUT2D eigenvalue weighted by atomic mass is 10.1. The van der Waals surface area contributed by atoms with Crippen molar-refractivity contribution >= 4 is 27.3 Å². The van der Waals surface area contributed by atoms with Gasteiger partial charge in [-0.2, -0.15) is 0 Å². The van der Waals surface area contributed by atoms with Crippen molar-refractivity contribution in [2.45, 2.75) is 25.7 Å². The maximum Gasteiger partial charge on any atom is 0.262 e. The number of nitrogens with one attached hydrogen (secondary N) is 1. The maximum atomic E-state index is 12.5. The van der Waals surface area contributed by atoms with E-state index in [1.165, 1.54) is 7.11 Å². The van der Waals surface area contributed by atoms with Crippen molar-refractivity contribution in [3.05, 3.63) is 52.0 Å². The highest BCUT2D eigenvalue weighted by atomic mass is 35.5. The van der Waals surface area contributed by atoms with E-state index in [0.717, 1.165) is 16.7 Å². The van der Waals surface area contributed by atoms with E-state index in [0.29, 0.717) is 16.5 Å². The topological polar surface area (TPSA) is 55.4 Å². The predicted molar refractivity (Wildman–Crippen MR) is 89.5 cm³/mol. The van der Waals surface area contributed by atoms with Crippen LogP contribution in [0.15, 0.2) is 35.2 Å². The van der Waals surface area contributed by atoms with Gasteiger partial charge in [0.25, 0.3) is 10.0 Å². The number of hydrogen-bond acceptors (Lipinski definition) is 3. The minimum atomic E-state index is -3.69. The largest absolute Gasteiger partial charge is 0.495 e. The monoisotopic (exact) mass is 339 g/mol. The molecule has 0 spiro atoms. The Labute approximate surface area is 136 Å². The second-order valence-electron chi connectivity index (χ2n) is 5.15. The lowest BCUT2D eigenvalue weighted by Crippen LogP contribution is -2.14. The number of benzene rings is 2. The third kappa shape index (κ3) is 3.36. The molecule has 0 atom stereocenters. The Morgan fingerprint density at radius 2 is 1.68 bits per heavy atom. The van der Waals surface area contributed by atoms with Gasteiger partial charge in [-0.05, 0) is 55.7 Å². The van der Waals surface area contributed by atoms with Crippen LogP contribution in [0, 0.1) is 20.8 Å². The van der Waals surface area contributed by atoms with Crippen molar-refractivity contribution in [2.75, 3.05) is 11.8 Å². The van der Waals surface area contributed by atoms with E-state index in [1.807, 2.05) is 13.8 Å². The average molecular weight is 340 g/mol. The highest BCUT2D eigenvalue weighted by Gasteiger charge is 2.18. The molecule has 118 valence electrons. The van der Waals surface area contributed by atoms with E-state index >= 15 is 0 Å². The van der Waals surface area contributed by atoms with E-state index in [2.05, 4.69) is 4.72 Å². The zero-order valence-corrected chi connectivity index (χ0v) is 14.5. The second kappa shape index (κ2) is 6.18. The molecule has 0 saturated heterocycles. The molecule has 0 unspecified atom stereocenters. The molecule has 0 radical (unpaired) electrons. The van der Waals surface area contributed by atoms with E-state index in [1.54, 1.807) is 37.3 Å². The van der Waals surface area contributed by atoms with Gasteiger partial charge in [-0.3, -0.25) is 4.72 Å². The van der Waals surface area contributed by atoms with Gasteiger partial charge in [0.2, 0.25) is 0 Å². The number of methoxy groups -OCH3 is 1. The number of ether oxygens (including phenoxy) is 1. The van der Waals surface area contributed by atoms with E-state index in [4.69, 9.17) is 16.3 Å². The molecule has 0 aliphatic rings. The Balaban J connectivity index is 2.44. The normalized spacial score (nSPS) is 11.3. The fourth-order valence-corrected chi connectivity index (χ4v) is 3.30. The zero-order valence-electron chi connectivity index (χ0n) is 12.9. The fourth-order valence-electron chi connectivity index (χ4n) is 2.00. The molecule has 1 N–H and O–H groups in total. The van der Waals surface area contributed by atoms with Gasteiger partial charge in [-0.15, -0.1) is 0 Å². The van der Waals surface area contributed by atoms with Crippen LogP contribution in [-0.2, 0) is 10.0 Å². The lowest BCUT2D eigenvalue weighted by molar-refractivity contribution is 0.417.